The number of hydrogen-bond donors (Lipinski definition) is 1. The Morgan fingerprint density at radius 1 is 1.31 bits per heavy atom. The molecule has 7 nitrogen and oxygen atoms in total. The summed E-state index contributed by atoms with van der Waals surface area (Å²) in [7, 11) is 0. The van der Waals surface area contributed by atoms with Crippen LogP contribution in [0.25, 0.3) is 22.4 Å². The summed E-state index contributed by atoms with van der Waals surface area (Å²) in [6, 6.07) is 7.47. The van der Waals surface area contributed by atoms with Crippen LogP contribution in [0, 0.1) is 0 Å². The first-order chi connectivity index (χ1) is 12.8. The van der Waals surface area contributed by atoms with Crippen LogP contribution in [0.2, 0.25) is 0 Å². The van der Waals surface area contributed by atoms with Gasteiger partial charge in [0.15, 0.2) is 5.65 Å². The highest BCUT2D eigenvalue weighted by molar-refractivity contribution is 5.99. The van der Waals surface area contributed by atoms with Crippen molar-refractivity contribution in [3.05, 3.63) is 49.6 Å². The Kier molecular flexibility index (Phi) is 4.45. The molecule has 4 rings (SSSR count). The lowest BCUT2D eigenvalue weighted by molar-refractivity contribution is -0.111. The molecule has 0 saturated carbocycles. The number of rotatable bonds is 4. The zero-order valence-corrected chi connectivity index (χ0v) is 14.3. The number of imidazole rings is 1. The summed E-state index contributed by atoms with van der Waals surface area (Å²) in [5.74, 6) is -0.256. The van der Waals surface area contributed by atoms with Crippen molar-refractivity contribution in [1.82, 2.24) is 19.5 Å². The van der Waals surface area contributed by atoms with Gasteiger partial charge < -0.3 is 10.1 Å². The molecule has 1 aromatic carbocycles. The van der Waals surface area contributed by atoms with Crippen molar-refractivity contribution < 1.29 is 9.53 Å². The highest BCUT2D eigenvalue weighted by Gasteiger charge is 2.20. The van der Waals surface area contributed by atoms with Crippen LogP contribution in [-0.4, -0.2) is 32.0 Å². The predicted octanol–water partition coefficient (Wildman–Crippen LogP) is 3.32. The minimum Gasteiger partial charge on any atom is -0.358 e. The first-order valence-electron chi connectivity index (χ1n) is 8.59. The fourth-order valence-electron chi connectivity index (χ4n) is 3.15. The number of aromatic nitrogens is 4. The van der Waals surface area contributed by atoms with E-state index in [0.29, 0.717) is 11.2 Å². The molecule has 3 aromatic rings. The van der Waals surface area contributed by atoms with E-state index >= 15 is 0 Å². The number of benzene rings is 1. The molecule has 1 N–H and O–H groups in total. The number of anilines is 1. The smallest absolute Gasteiger partial charge is 0.247 e. The Bertz CT molecular complexity index is 959. The van der Waals surface area contributed by atoms with Gasteiger partial charge in [0.2, 0.25) is 5.91 Å². The monoisotopic (exact) mass is 349 g/mol. The fourth-order valence-corrected chi connectivity index (χ4v) is 3.15. The molecule has 0 bridgehead atoms. The van der Waals surface area contributed by atoms with Crippen molar-refractivity contribution in [3.63, 3.8) is 0 Å². The Morgan fingerprint density at radius 2 is 2.23 bits per heavy atom. The van der Waals surface area contributed by atoms with Gasteiger partial charge >= 0.3 is 0 Å². The topological polar surface area (TPSA) is 81.9 Å². The summed E-state index contributed by atoms with van der Waals surface area (Å²) in [6.07, 6.45) is 7.68. The van der Waals surface area contributed by atoms with E-state index in [1.165, 1.54) is 12.4 Å². The van der Waals surface area contributed by atoms with Crippen molar-refractivity contribution in [1.29, 1.82) is 0 Å². The van der Waals surface area contributed by atoms with Gasteiger partial charge in [-0.15, -0.1) is 0 Å². The van der Waals surface area contributed by atoms with Gasteiger partial charge in [0, 0.05) is 17.9 Å². The van der Waals surface area contributed by atoms with Crippen LogP contribution in [-0.2, 0) is 9.53 Å². The molecule has 2 aromatic heterocycles. The van der Waals surface area contributed by atoms with Gasteiger partial charge in [-0.05, 0) is 37.5 Å². The third kappa shape index (κ3) is 3.09. The van der Waals surface area contributed by atoms with Crippen molar-refractivity contribution in [2.75, 3.05) is 11.9 Å². The molecule has 1 atom stereocenters. The van der Waals surface area contributed by atoms with E-state index < -0.39 is 0 Å². The van der Waals surface area contributed by atoms with E-state index in [1.54, 1.807) is 6.33 Å². The normalized spacial score (nSPS) is 17.2. The molecule has 1 saturated heterocycles. The van der Waals surface area contributed by atoms with Crippen LogP contribution in [0.1, 0.15) is 25.5 Å². The minimum absolute atomic E-state index is 0.0327. The number of carbonyl (C=O) groups excluding carboxylic acids is 1. The van der Waals surface area contributed by atoms with Gasteiger partial charge in [-0.3, -0.25) is 9.36 Å². The van der Waals surface area contributed by atoms with Gasteiger partial charge in [-0.2, -0.15) is 0 Å². The largest absolute Gasteiger partial charge is 0.358 e. The number of hydrogen-bond acceptors (Lipinski definition) is 5. The van der Waals surface area contributed by atoms with Gasteiger partial charge in [0.25, 0.3) is 0 Å². The van der Waals surface area contributed by atoms with Crippen molar-refractivity contribution in [2.24, 2.45) is 0 Å². The number of nitrogens with one attached hydrogen (secondary N) is 1. The second-order valence-corrected chi connectivity index (χ2v) is 6.14. The minimum atomic E-state index is -0.256. The van der Waals surface area contributed by atoms with Crippen LogP contribution in [0.3, 0.4) is 0 Å². The molecule has 3 heterocycles. The third-order valence-corrected chi connectivity index (χ3v) is 4.41. The molecular formula is C19H19N5O2. The molecule has 1 amide bonds. The molecule has 1 aliphatic heterocycles. The third-order valence-electron chi connectivity index (χ3n) is 4.41. The van der Waals surface area contributed by atoms with Crippen LogP contribution in [0.15, 0.2) is 49.6 Å². The van der Waals surface area contributed by atoms with Crippen molar-refractivity contribution in [3.8, 4) is 11.3 Å². The van der Waals surface area contributed by atoms with E-state index in [1.807, 2.05) is 28.8 Å². The summed E-state index contributed by atoms with van der Waals surface area (Å²) >= 11 is 0. The standard InChI is InChI=1S/C19H19N5O2/c1-2-15(25)23-14-7-5-6-13(10-14)17-18-19(21-11-20-17)24(12-22-18)16-8-3-4-9-26-16/h2,5-7,10-12,16H,1,3-4,8-9H2,(H,23,25). The molecule has 1 aliphatic rings. The van der Waals surface area contributed by atoms with Gasteiger partial charge in [-0.25, -0.2) is 15.0 Å². The van der Waals surface area contributed by atoms with Crippen LogP contribution in [0.4, 0.5) is 5.69 Å². The zero-order chi connectivity index (χ0) is 17.9. The van der Waals surface area contributed by atoms with Crippen LogP contribution in [0.5, 0.6) is 0 Å². The SMILES string of the molecule is C=CC(=O)Nc1cccc(-c2ncnc3c2ncn3C2CCCCO2)c1. The summed E-state index contributed by atoms with van der Waals surface area (Å²) in [5, 5.41) is 2.76. The molecule has 1 unspecified atom stereocenters. The number of carbonyl (C=O) groups is 1. The van der Waals surface area contributed by atoms with Gasteiger partial charge in [-0.1, -0.05) is 18.7 Å². The highest BCUT2D eigenvalue weighted by Crippen LogP contribution is 2.30. The molecule has 0 spiro atoms. The lowest BCUT2D eigenvalue weighted by Crippen LogP contribution is -2.17. The lowest BCUT2D eigenvalue weighted by atomic mass is 10.1. The predicted molar refractivity (Wildman–Crippen MR) is 98.4 cm³/mol. The van der Waals surface area contributed by atoms with Crippen molar-refractivity contribution in [2.45, 2.75) is 25.5 Å². The molecule has 0 radical (unpaired) electrons. The molecule has 132 valence electrons. The fraction of sp³-hybridized carbons (Fsp3) is 0.263. The summed E-state index contributed by atoms with van der Waals surface area (Å²) < 4.78 is 7.83. The Labute approximate surface area is 150 Å². The first-order valence-corrected chi connectivity index (χ1v) is 8.59. The molecule has 7 heteroatoms. The van der Waals surface area contributed by atoms with Crippen LogP contribution < -0.4 is 5.32 Å². The quantitative estimate of drug-likeness (QED) is 0.731. The number of ether oxygens (including phenoxy) is 1. The van der Waals surface area contributed by atoms with Gasteiger partial charge in [0.1, 0.15) is 23.8 Å². The Morgan fingerprint density at radius 3 is 3.04 bits per heavy atom. The molecule has 26 heavy (non-hydrogen) atoms. The average molecular weight is 349 g/mol. The zero-order valence-electron chi connectivity index (χ0n) is 14.3. The maximum atomic E-state index is 11.5. The van der Waals surface area contributed by atoms with E-state index in [0.717, 1.165) is 42.8 Å². The Hall–Kier alpha value is -3.06. The molecule has 1 fully saturated rings. The van der Waals surface area contributed by atoms with Gasteiger partial charge in [0.05, 0.1) is 6.33 Å². The van der Waals surface area contributed by atoms with E-state index in [9.17, 15) is 4.79 Å². The first kappa shape index (κ1) is 16.4. The number of nitrogens with zero attached hydrogens (tertiary/aromatic N) is 4. The highest BCUT2D eigenvalue weighted by atomic mass is 16.5. The summed E-state index contributed by atoms with van der Waals surface area (Å²) in [6.45, 7) is 4.23. The second-order valence-electron chi connectivity index (χ2n) is 6.14. The van der Waals surface area contributed by atoms with E-state index in [-0.39, 0.29) is 12.1 Å². The van der Waals surface area contributed by atoms with Crippen LogP contribution >= 0.6 is 0 Å². The summed E-state index contributed by atoms with van der Waals surface area (Å²) in [5.41, 5.74) is 3.72. The number of amides is 1. The summed E-state index contributed by atoms with van der Waals surface area (Å²) in [4.78, 5) is 24.9. The maximum Gasteiger partial charge on any atom is 0.247 e. The van der Waals surface area contributed by atoms with Crippen molar-refractivity contribution >= 4 is 22.8 Å². The molecular weight excluding hydrogens is 330 g/mol. The Balaban J connectivity index is 1.73. The van der Waals surface area contributed by atoms with E-state index in [4.69, 9.17) is 4.74 Å². The molecule has 0 aliphatic carbocycles. The second kappa shape index (κ2) is 7.05. The lowest BCUT2D eigenvalue weighted by Gasteiger charge is -2.23. The van der Waals surface area contributed by atoms with E-state index in [2.05, 4.69) is 26.8 Å². The average Bonchev–Trinajstić information content (AvgIpc) is 3.13. The number of fused-ring (bicyclic) bond motifs is 1. The maximum absolute atomic E-state index is 11.5.